The molecule has 0 aliphatic heterocycles. The smallest absolute Gasteiger partial charge is 0.119 e. The van der Waals surface area contributed by atoms with Crippen molar-refractivity contribution in [2.75, 3.05) is 20.3 Å². The van der Waals surface area contributed by atoms with Gasteiger partial charge in [0, 0.05) is 6.04 Å². The zero-order chi connectivity index (χ0) is 13.4. The van der Waals surface area contributed by atoms with Gasteiger partial charge in [-0.2, -0.15) is 0 Å². The van der Waals surface area contributed by atoms with Crippen molar-refractivity contribution in [2.24, 2.45) is 0 Å². The summed E-state index contributed by atoms with van der Waals surface area (Å²) in [6.07, 6.45) is 1.32. The van der Waals surface area contributed by atoms with Crippen LogP contribution in [0.4, 0.5) is 0 Å². The van der Waals surface area contributed by atoms with Crippen LogP contribution in [-0.2, 0) is 4.74 Å². The average molecular weight is 251 g/mol. The van der Waals surface area contributed by atoms with Gasteiger partial charge in [0.25, 0.3) is 0 Å². The topological polar surface area (TPSA) is 30.5 Å². The number of hydrogen-bond donors (Lipinski definition) is 1. The minimum Gasteiger partial charge on any atom is -0.491 e. The lowest BCUT2D eigenvalue weighted by Gasteiger charge is -2.15. The van der Waals surface area contributed by atoms with Crippen molar-refractivity contribution in [3.05, 3.63) is 29.8 Å². The molecule has 1 N–H and O–H groups in total. The normalized spacial score (nSPS) is 12.7. The molecule has 0 aliphatic rings. The van der Waals surface area contributed by atoms with E-state index in [1.807, 2.05) is 33.0 Å². The molecule has 0 heterocycles. The van der Waals surface area contributed by atoms with Gasteiger partial charge in [0.15, 0.2) is 0 Å². The minimum absolute atomic E-state index is 0.258. The van der Waals surface area contributed by atoms with Crippen molar-refractivity contribution in [1.82, 2.24) is 5.32 Å². The maximum absolute atomic E-state index is 5.68. The summed E-state index contributed by atoms with van der Waals surface area (Å²) in [5, 5.41) is 3.30. The molecule has 102 valence electrons. The van der Waals surface area contributed by atoms with Crippen LogP contribution in [0.1, 0.15) is 38.8 Å². The quantitative estimate of drug-likeness (QED) is 0.720. The van der Waals surface area contributed by atoms with Crippen LogP contribution >= 0.6 is 0 Å². The lowest BCUT2D eigenvalue weighted by molar-refractivity contribution is 0.0552. The Labute approximate surface area is 110 Å². The summed E-state index contributed by atoms with van der Waals surface area (Å²) in [4.78, 5) is 0. The van der Waals surface area contributed by atoms with E-state index in [1.54, 1.807) is 0 Å². The maximum Gasteiger partial charge on any atom is 0.119 e. The Morgan fingerprint density at radius 3 is 2.61 bits per heavy atom. The van der Waals surface area contributed by atoms with Crippen LogP contribution in [0.2, 0.25) is 0 Å². The molecular formula is C15H25NO2. The Kier molecular flexibility index (Phi) is 6.76. The summed E-state index contributed by atoms with van der Waals surface area (Å²) in [7, 11) is 1.98. The standard InChI is InChI=1S/C15H25NO2/c1-5-15(16-4)13-7-6-8-14(11-13)18-10-9-17-12(2)3/h6-8,11-12,15-16H,5,9-10H2,1-4H3. The third-order valence-corrected chi connectivity index (χ3v) is 2.82. The summed E-state index contributed by atoms with van der Waals surface area (Å²) >= 11 is 0. The van der Waals surface area contributed by atoms with E-state index < -0.39 is 0 Å². The van der Waals surface area contributed by atoms with Crippen molar-refractivity contribution in [1.29, 1.82) is 0 Å². The fourth-order valence-corrected chi connectivity index (χ4v) is 1.87. The second-order valence-electron chi connectivity index (χ2n) is 4.59. The highest BCUT2D eigenvalue weighted by Gasteiger charge is 2.07. The fourth-order valence-electron chi connectivity index (χ4n) is 1.87. The lowest BCUT2D eigenvalue weighted by atomic mass is 10.0. The Bertz CT molecular complexity index is 335. The van der Waals surface area contributed by atoms with Gasteiger partial charge in [-0.25, -0.2) is 0 Å². The second kappa shape index (κ2) is 8.11. The van der Waals surface area contributed by atoms with E-state index in [0.29, 0.717) is 19.3 Å². The van der Waals surface area contributed by atoms with Crippen LogP contribution in [0.25, 0.3) is 0 Å². The molecule has 0 spiro atoms. The Balaban J connectivity index is 2.49. The Morgan fingerprint density at radius 2 is 2.00 bits per heavy atom. The van der Waals surface area contributed by atoms with Gasteiger partial charge in [-0.1, -0.05) is 19.1 Å². The SMILES string of the molecule is CCC(NC)c1cccc(OCCOC(C)C)c1. The number of ether oxygens (including phenoxy) is 2. The third-order valence-electron chi connectivity index (χ3n) is 2.82. The highest BCUT2D eigenvalue weighted by atomic mass is 16.5. The van der Waals surface area contributed by atoms with Gasteiger partial charge >= 0.3 is 0 Å². The van der Waals surface area contributed by atoms with Gasteiger partial charge < -0.3 is 14.8 Å². The highest BCUT2D eigenvalue weighted by molar-refractivity contribution is 5.30. The highest BCUT2D eigenvalue weighted by Crippen LogP contribution is 2.21. The van der Waals surface area contributed by atoms with E-state index >= 15 is 0 Å². The third kappa shape index (κ3) is 5.07. The first-order valence-corrected chi connectivity index (χ1v) is 6.69. The summed E-state index contributed by atoms with van der Waals surface area (Å²) < 4.78 is 11.1. The van der Waals surface area contributed by atoms with Gasteiger partial charge in [-0.15, -0.1) is 0 Å². The first-order valence-electron chi connectivity index (χ1n) is 6.69. The van der Waals surface area contributed by atoms with Gasteiger partial charge in [-0.05, 0) is 45.0 Å². The van der Waals surface area contributed by atoms with Crippen LogP contribution in [0.5, 0.6) is 5.75 Å². The molecular weight excluding hydrogens is 226 g/mol. The van der Waals surface area contributed by atoms with Gasteiger partial charge in [0.05, 0.1) is 12.7 Å². The predicted molar refractivity (Wildman–Crippen MR) is 75.1 cm³/mol. The Hall–Kier alpha value is -1.06. The summed E-state index contributed by atoms with van der Waals surface area (Å²) in [6.45, 7) is 7.45. The van der Waals surface area contributed by atoms with Crippen molar-refractivity contribution in [2.45, 2.75) is 39.3 Å². The number of hydrogen-bond acceptors (Lipinski definition) is 3. The van der Waals surface area contributed by atoms with Crippen LogP contribution in [0.15, 0.2) is 24.3 Å². The summed E-state index contributed by atoms with van der Waals surface area (Å²) in [5.41, 5.74) is 1.27. The number of nitrogens with one attached hydrogen (secondary N) is 1. The molecule has 0 amide bonds. The Morgan fingerprint density at radius 1 is 1.22 bits per heavy atom. The number of rotatable bonds is 8. The van der Waals surface area contributed by atoms with Crippen LogP contribution in [0.3, 0.4) is 0 Å². The molecule has 1 aromatic carbocycles. The zero-order valence-corrected chi connectivity index (χ0v) is 11.9. The van der Waals surface area contributed by atoms with E-state index in [4.69, 9.17) is 9.47 Å². The first-order chi connectivity index (χ1) is 8.67. The zero-order valence-electron chi connectivity index (χ0n) is 11.9. The monoisotopic (exact) mass is 251 g/mol. The summed E-state index contributed by atoms with van der Waals surface area (Å²) in [6, 6.07) is 8.64. The molecule has 0 aliphatic carbocycles. The molecule has 1 rings (SSSR count). The molecule has 3 heteroatoms. The molecule has 0 fully saturated rings. The fraction of sp³-hybridized carbons (Fsp3) is 0.600. The van der Waals surface area contributed by atoms with Crippen molar-refractivity contribution < 1.29 is 9.47 Å². The van der Waals surface area contributed by atoms with Gasteiger partial charge in [0.2, 0.25) is 0 Å². The van der Waals surface area contributed by atoms with E-state index in [9.17, 15) is 0 Å². The lowest BCUT2D eigenvalue weighted by Crippen LogP contribution is -2.15. The van der Waals surface area contributed by atoms with Crippen molar-refractivity contribution in [3.8, 4) is 5.75 Å². The molecule has 0 bridgehead atoms. The van der Waals surface area contributed by atoms with Gasteiger partial charge in [-0.3, -0.25) is 0 Å². The predicted octanol–water partition coefficient (Wildman–Crippen LogP) is 3.16. The molecule has 1 unspecified atom stereocenters. The largest absolute Gasteiger partial charge is 0.491 e. The van der Waals surface area contributed by atoms with E-state index in [1.165, 1.54) is 5.56 Å². The molecule has 0 radical (unpaired) electrons. The molecule has 1 atom stereocenters. The molecule has 0 saturated heterocycles. The molecule has 3 nitrogen and oxygen atoms in total. The molecule has 0 saturated carbocycles. The van der Waals surface area contributed by atoms with Crippen LogP contribution < -0.4 is 10.1 Å². The van der Waals surface area contributed by atoms with Crippen molar-refractivity contribution >= 4 is 0 Å². The van der Waals surface area contributed by atoms with Gasteiger partial charge in [0.1, 0.15) is 12.4 Å². The van der Waals surface area contributed by atoms with Crippen molar-refractivity contribution in [3.63, 3.8) is 0 Å². The second-order valence-corrected chi connectivity index (χ2v) is 4.59. The van der Waals surface area contributed by atoms with Crippen LogP contribution in [-0.4, -0.2) is 26.4 Å². The molecule has 18 heavy (non-hydrogen) atoms. The summed E-state index contributed by atoms with van der Waals surface area (Å²) in [5.74, 6) is 0.911. The minimum atomic E-state index is 0.258. The molecule has 0 aromatic heterocycles. The van der Waals surface area contributed by atoms with E-state index in [-0.39, 0.29) is 6.10 Å². The number of benzene rings is 1. The molecule has 1 aromatic rings. The maximum atomic E-state index is 5.68. The average Bonchev–Trinajstić information content (AvgIpc) is 2.36. The van der Waals surface area contributed by atoms with E-state index in [0.717, 1.165) is 12.2 Å². The van der Waals surface area contributed by atoms with E-state index in [2.05, 4.69) is 24.4 Å². The first kappa shape index (κ1) is 15.0. The van der Waals surface area contributed by atoms with Crippen LogP contribution in [0, 0.1) is 0 Å².